The fourth-order valence-electron chi connectivity index (χ4n) is 3.23. The van der Waals surface area contributed by atoms with Crippen LogP contribution in [0.15, 0.2) is 79.3 Å². The van der Waals surface area contributed by atoms with E-state index in [1.165, 1.54) is 16.3 Å². The van der Waals surface area contributed by atoms with Crippen LogP contribution >= 0.6 is 0 Å². The van der Waals surface area contributed by atoms with Crippen molar-refractivity contribution in [3.63, 3.8) is 0 Å². The topological polar surface area (TPSA) is 66.5 Å². The number of nitrogens with one attached hydrogen (secondary N) is 2. The molecule has 0 bridgehead atoms. The van der Waals surface area contributed by atoms with Gasteiger partial charge in [0.15, 0.2) is 0 Å². The van der Waals surface area contributed by atoms with Crippen LogP contribution in [0.2, 0.25) is 0 Å². The Balaban J connectivity index is 1.37. The van der Waals surface area contributed by atoms with Gasteiger partial charge < -0.3 is 5.32 Å². The Bertz CT molecular complexity index is 1230. The Morgan fingerprint density at radius 2 is 1.74 bits per heavy atom. The van der Waals surface area contributed by atoms with E-state index in [1.54, 1.807) is 12.4 Å². The highest BCUT2D eigenvalue weighted by Gasteiger charge is 2.04. The van der Waals surface area contributed by atoms with Gasteiger partial charge in [0.1, 0.15) is 5.82 Å². The summed E-state index contributed by atoms with van der Waals surface area (Å²) >= 11 is 0. The van der Waals surface area contributed by atoms with Crippen LogP contribution in [0.1, 0.15) is 5.56 Å². The molecule has 0 radical (unpaired) electrons. The standard InChI is InChI=1S/C22H17N5/c1-2-4-17-9-15(5-6-16(17)3-1)11-24-22-14-23-21-10-18(7-8-20(21)27-22)19-12-25-26-13-19/h1-10,12-14H,11H2,(H,24,27)(H,25,26). The Labute approximate surface area is 156 Å². The molecular weight excluding hydrogens is 334 g/mol. The molecule has 130 valence electrons. The van der Waals surface area contributed by atoms with Crippen molar-refractivity contribution < 1.29 is 0 Å². The Hall–Kier alpha value is -3.73. The summed E-state index contributed by atoms with van der Waals surface area (Å²) in [6.07, 6.45) is 5.45. The van der Waals surface area contributed by atoms with Gasteiger partial charge in [-0.25, -0.2) is 4.98 Å². The predicted octanol–water partition coefficient (Wildman–Crippen LogP) is 4.79. The van der Waals surface area contributed by atoms with E-state index in [0.29, 0.717) is 6.54 Å². The minimum atomic E-state index is 0.706. The first kappa shape index (κ1) is 15.5. The molecule has 0 saturated carbocycles. The quantitative estimate of drug-likeness (QED) is 0.489. The molecule has 0 unspecified atom stereocenters. The molecule has 0 aliphatic rings. The lowest BCUT2D eigenvalue weighted by molar-refractivity contribution is 1.09. The maximum Gasteiger partial charge on any atom is 0.145 e. The van der Waals surface area contributed by atoms with Gasteiger partial charge in [-0.05, 0) is 40.1 Å². The summed E-state index contributed by atoms with van der Waals surface area (Å²) in [5, 5.41) is 12.7. The molecule has 27 heavy (non-hydrogen) atoms. The fraction of sp³-hybridized carbons (Fsp3) is 0.0455. The van der Waals surface area contributed by atoms with Gasteiger partial charge in [0.2, 0.25) is 0 Å². The molecule has 0 aliphatic carbocycles. The van der Waals surface area contributed by atoms with Crippen molar-refractivity contribution in [1.29, 1.82) is 0 Å². The molecule has 5 nitrogen and oxygen atoms in total. The largest absolute Gasteiger partial charge is 0.365 e. The highest BCUT2D eigenvalue weighted by Crippen LogP contribution is 2.22. The second-order valence-electron chi connectivity index (χ2n) is 6.48. The van der Waals surface area contributed by atoms with Crippen molar-refractivity contribution in [1.82, 2.24) is 20.2 Å². The Kier molecular flexibility index (Phi) is 3.76. The number of hydrogen-bond acceptors (Lipinski definition) is 4. The summed E-state index contributed by atoms with van der Waals surface area (Å²) < 4.78 is 0. The van der Waals surface area contributed by atoms with E-state index >= 15 is 0 Å². The average molecular weight is 351 g/mol. The summed E-state index contributed by atoms with van der Waals surface area (Å²) in [5.74, 6) is 0.770. The van der Waals surface area contributed by atoms with Crippen LogP contribution in [0, 0.1) is 0 Å². The van der Waals surface area contributed by atoms with Crippen molar-refractivity contribution in [3.8, 4) is 11.1 Å². The molecule has 0 atom stereocenters. The summed E-state index contributed by atoms with van der Waals surface area (Å²) in [5.41, 5.74) is 5.06. The average Bonchev–Trinajstić information content (AvgIpc) is 3.26. The molecule has 5 aromatic rings. The molecule has 2 N–H and O–H groups in total. The maximum absolute atomic E-state index is 4.68. The minimum Gasteiger partial charge on any atom is -0.365 e. The van der Waals surface area contributed by atoms with Gasteiger partial charge in [0.05, 0.1) is 23.4 Å². The van der Waals surface area contributed by atoms with Crippen LogP contribution in [-0.4, -0.2) is 20.2 Å². The van der Waals surface area contributed by atoms with Gasteiger partial charge in [-0.2, -0.15) is 5.10 Å². The van der Waals surface area contributed by atoms with Gasteiger partial charge in [-0.1, -0.05) is 42.5 Å². The van der Waals surface area contributed by atoms with Crippen LogP contribution < -0.4 is 5.32 Å². The van der Waals surface area contributed by atoms with E-state index in [1.807, 2.05) is 24.4 Å². The summed E-state index contributed by atoms with van der Waals surface area (Å²) in [4.78, 5) is 9.24. The number of nitrogens with zero attached hydrogens (tertiary/aromatic N) is 3. The zero-order valence-electron chi connectivity index (χ0n) is 14.6. The van der Waals surface area contributed by atoms with Gasteiger partial charge in [-0.15, -0.1) is 0 Å². The third-order valence-corrected chi connectivity index (χ3v) is 4.66. The first-order valence-electron chi connectivity index (χ1n) is 8.83. The third-order valence-electron chi connectivity index (χ3n) is 4.66. The maximum atomic E-state index is 4.68. The molecule has 5 rings (SSSR count). The smallest absolute Gasteiger partial charge is 0.145 e. The van der Waals surface area contributed by atoms with Crippen LogP contribution in [-0.2, 0) is 6.54 Å². The lowest BCUT2D eigenvalue weighted by Crippen LogP contribution is -2.02. The van der Waals surface area contributed by atoms with E-state index < -0.39 is 0 Å². The second kappa shape index (κ2) is 6.53. The van der Waals surface area contributed by atoms with Crippen molar-refractivity contribution in [2.45, 2.75) is 6.54 Å². The zero-order chi connectivity index (χ0) is 18.1. The van der Waals surface area contributed by atoms with Gasteiger partial charge in [0.25, 0.3) is 0 Å². The molecule has 0 spiro atoms. The monoisotopic (exact) mass is 351 g/mol. The molecule has 5 heteroatoms. The van der Waals surface area contributed by atoms with Gasteiger partial charge in [-0.3, -0.25) is 10.1 Å². The lowest BCUT2D eigenvalue weighted by atomic mass is 10.1. The molecule has 0 aliphatic heterocycles. The second-order valence-corrected chi connectivity index (χ2v) is 6.48. The number of fused-ring (bicyclic) bond motifs is 2. The molecule has 2 aromatic heterocycles. The zero-order valence-corrected chi connectivity index (χ0v) is 14.6. The van der Waals surface area contributed by atoms with Gasteiger partial charge in [0, 0.05) is 18.3 Å². The first-order chi connectivity index (χ1) is 13.3. The summed E-state index contributed by atoms with van der Waals surface area (Å²) in [6, 6.07) is 20.9. The minimum absolute atomic E-state index is 0.706. The number of aromatic nitrogens is 4. The predicted molar refractivity (Wildman–Crippen MR) is 108 cm³/mol. The van der Waals surface area contributed by atoms with Crippen LogP contribution in [0.25, 0.3) is 32.9 Å². The molecule has 0 fully saturated rings. The van der Waals surface area contributed by atoms with E-state index in [9.17, 15) is 0 Å². The third kappa shape index (κ3) is 3.11. The SMILES string of the molecule is c1ccc2cc(CNc3cnc4cc(-c5cn[nH]c5)ccc4n3)ccc2c1. The van der Waals surface area contributed by atoms with E-state index in [2.05, 4.69) is 67.9 Å². The summed E-state index contributed by atoms with van der Waals surface area (Å²) in [7, 11) is 0. The Morgan fingerprint density at radius 1 is 0.815 bits per heavy atom. The normalized spacial score (nSPS) is 11.1. The number of rotatable bonds is 4. The highest BCUT2D eigenvalue weighted by molar-refractivity contribution is 5.83. The van der Waals surface area contributed by atoms with Gasteiger partial charge >= 0.3 is 0 Å². The molecule has 0 amide bonds. The molecular formula is C22H17N5. The van der Waals surface area contributed by atoms with Crippen molar-refractivity contribution in [2.75, 3.05) is 5.32 Å². The van der Waals surface area contributed by atoms with E-state index in [0.717, 1.165) is 28.0 Å². The number of benzene rings is 3. The highest BCUT2D eigenvalue weighted by atomic mass is 15.1. The Morgan fingerprint density at radius 3 is 2.63 bits per heavy atom. The number of anilines is 1. The lowest BCUT2D eigenvalue weighted by Gasteiger charge is -2.08. The van der Waals surface area contributed by atoms with Crippen LogP contribution in [0.3, 0.4) is 0 Å². The molecule has 3 aromatic carbocycles. The van der Waals surface area contributed by atoms with E-state index in [4.69, 9.17) is 0 Å². The van der Waals surface area contributed by atoms with E-state index in [-0.39, 0.29) is 0 Å². The number of H-pyrrole nitrogens is 1. The number of hydrogen-bond donors (Lipinski definition) is 2. The summed E-state index contributed by atoms with van der Waals surface area (Å²) in [6.45, 7) is 0.706. The van der Waals surface area contributed by atoms with Crippen molar-refractivity contribution in [3.05, 3.63) is 84.8 Å². The van der Waals surface area contributed by atoms with Crippen molar-refractivity contribution in [2.24, 2.45) is 0 Å². The molecule has 2 heterocycles. The van der Waals surface area contributed by atoms with Crippen LogP contribution in [0.4, 0.5) is 5.82 Å². The molecule has 0 saturated heterocycles. The van der Waals surface area contributed by atoms with Crippen LogP contribution in [0.5, 0.6) is 0 Å². The number of aromatic amines is 1. The van der Waals surface area contributed by atoms with Crippen molar-refractivity contribution >= 4 is 27.6 Å². The fourth-order valence-corrected chi connectivity index (χ4v) is 3.23. The first-order valence-corrected chi connectivity index (χ1v) is 8.83.